The van der Waals surface area contributed by atoms with Crippen LogP contribution in [0.4, 0.5) is 5.69 Å². The second-order valence-corrected chi connectivity index (χ2v) is 3.67. The predicted molar refractivity (Wildman–Crippen MR) is 66.7 cm³/mol. The van der Waals surface area contributed by atoms with Crippen LogP contribution in [-0.2, 0) is 6.54 Å². The smallest absolute Gasteiger partial charge is 0.163 e. The zero-order valence-corrected chi connectivity index (χ0v) is 9.80. The van der Waals surface area contributed by atoms with Gasteiger partial charge in [-0.25, -0.2) is 0 Å². The van der Waals surface area contributed by atoms with Gasteiger partial charge in [0.2, 0.25) is 0 Å². The highest BCUT2D eigenvalue weighted by Crippen LogP contribution is 2.19. The van der Waals surface area contributed by atoms with Gasteiger partial charge in [0.1, 0.15) is 6.33 Å². The monoisotopic (exact) mass is 232 g/mol. The van der Waals surface area contributed by atoms with Crippen molar-refractivity contribution in [1.29, 1.82) is 0 Å². The van der Waals surface area contributed by atoms with Gasteiger partial charge in [-0.15, -0.1) is 10.2 Å². The summed E-state index contributed by atoms with van der Waals surface area (Å²) in [6, 6.07) is 7.94. The molecule has 0 atom stereocenters. The fraction of sp³-hybridized carbons (Fsp3) is 0.333. The molecule has 0 radical (unpaired) electrons. The fourth-order valence-corrected chi connectivity index (χ4v) is 1.65. The Balaban J connectivity index is 2.17. The number of rotatable bonds is 5. The molecule has 0 saturated carbocycles. The molecule has 2 N–H and O–H groups in total. The van der Waals surface area contributed by atoms with Crippen molar-refractivity contribution < 1.29 is 5.11 Å². The SMILES string of the molecule is CCn1cnnc1-c1ccc(NCCO)cc1. The van der Waals surface area contributed by atoms with E-state index in [2.05, 4.69) is 22.4 Å². The van der Waals surface area contributed by atoms with Crippen LogP contribution >= 0.6 is 0 Å². The number of hydrogen-bond acceptors (Lipinski definition) is 4. The van der Waals surface area contributed by atoms with Gasteiger partial charge in [-0.2, -0.15) is 0 Å². The Morgan fingerprint density at radius 2 is 2.06 bits per heavy atom. The topological polar surface area (TPSA) is 63.0 Å². The molecule has 2 rings (SSSR count). The van der Waals surface area contributed by atoms with Gasteiger partial charge in [0.05, 0.1) is 6.61 Å². The Morgan fingerprint density at radius 3 is 2.71 bits per heavy atom. The highest BCUT2D eigenvalue weighted by atomic mass is 16.3. The van der Waals surface area contributed by atoms with E-state index in [1.807, 2.05) is 28.8 Å². The summed E-state index contributed by atoms with van der Waals surface area (Å²) < 4.78 is 2.00. The maximum absolute atomic E-state index is 8.72. The number of nitrogens with one attached hydrogen (secondary N) is 1. The molecule has 0 spiro atoms. The summed E-state index contributed by atoms with van der Waals surface area (Å²) in [5.74, 6) is 0.876. The minimum absolute atomic E-state index is 0.131. The van der Waals surface area contributed by atoms with E-state index in [0.29, 0.717) is 6.54 Å². The van der Waals surface area contributed by atoms with Crippen molar-refractivity contribution in [3.63, 3.8) is 0 Å². The van der Waals surface area contributed by atoms with Crippen LogP contribution in [0.5, 0.6) is 0 Å². The van der Waals surface area contributed by atoms with Crippen LogP contribution in [0.15, 0.2) is 30.6 Å². The molecule has 0 amide bonds. The Bertz CT molecular complexity index is 464. The first-order chi connectivity index (χ1) is 8.35. The van der Waals surface area contributed by atoms with Gasteiger partial charge in [0.15, 0.2) is 5.82 Å². The molecule has 1 heterocycles. The van der Waals surface area contributed by atoms with Gasteiger partial charge < -0.3 is 15.0 Å². The lowest BCUT2D eigenvalue weighted by Crippen LogP contribution is -2.05. The van der Waals surface area contributed by atoms with Crippen LogP contribution in [0.2, 0.25) is 0 Å². The Kier molecular flexibility index (Phi) is 3.72. The molecule has 1 aromatic heterocycles. The van der Waals surface area contributed by atoms with Crippen molar-refractivity contribution in [2.45, 2.75) is 13.5 Å². The zero-order valence-electron chi connectivity index (χ0n) is 9.80. The largest absolute Gasteiger partial charge is 0.395 e. The van der Waals surface area contributed by atoms with Gasteiger partial charge in [-0.1, -0.05) is 0 Å². The van der Waals surface area contributed by atoms with E-state index < -0.39 is 0 Å². The average molecular weight is 232 g/mol. The third kappa shape index (κ3) is 2.62. The molecule has 0 fully saturated rings. The number of hydrogen-bond donors (Lipinski definition) is 2. The molecule has 0 aliphatic carbocycles. The molecule has 5 heteroatoms. The van der Waals surface area contributed by atoms with E-state index in [1.54, 1.807) is 6.33 Å². The van der Waals surface area contributed by atoms with E-state index in [1.165, 1.54) is 0 Å². The molecule has 2 aromatic rings. The molecule has 0 aliphatic heterocycles. The number of benzene rings is 1. The van der Waals surface area contributed by atoms with E-state index in [4.69, 9.17) is 5.11 Å². The van der Waals surface area contributed by atoms with Crippen molar-refractivity contribution in [2.75, 3.05) is 18.5 Å². The van der Waals surface area contributed by atoms with E-state index in [0.717, 1.165) is 23.6 Å². The summed E-state index contributed by atoms with van der Waals surface area (Å²) in [5.41, 5.74) is 2.03. The highest BCUT2D eigenvalue weighted by molar-refractivity contribution is 5.59. The van der Waals surface area contributed by atoms with Gasteiger partial charge in [-0.3, -0.25) is 0 Å². The van der Waals surface area contributed by atoms with E-state index >= 15 is 0 Å². The molecule has 0 saturated heterocycles. The predicted octanol–water partition coefficient (Wildman–Crippen LogP) is 1.37. The third-order valence-electron chi connectivity index (χ3n) is 2.54. The molecule has 5 nitrogen and oxygen atoms in total. The molecular formula is C12H16N4O. The number of aromatic nitrogens is 3. The number of nitrogens with zero attached hydrogens (tertiary/aromatic N) is 3. The summed E-state index contributed by atoms with van der Waals surface area (Å²) in [6.45, 7) is 3.60. The minimum atomic E-state index is 0.131. The van der Waals surface area contributed by atoms with Crippen LogP contribution in [0, 0.1) is 0 Å². The molecule has 0 aliphatic rings. The van der Waals surface area contributed by atoms with Gasteiger partial charge in [0.25, 0.3) is 0 Å². The van der Waals surface area contributed by atoms with Crippen LogP contribution < -0.4 is 5.32 Å². The van der Waals surface area contributed by atoms with Gasteiger partial charge >= 0.3 is 0 Å². The van der Waals surface area contributed by atoms with Crippen molar-refractivity contribution in [1.82, 2.24) is 14.8 Å². The number of aliphatic hydroxyl groups is 1. The lowest BCUT2D eigenvalue weighted by Gasteiger charge is -2.06. The first-order valence-electron chi connectivity index (χ1n) is 5.68. The zero-order chi connectivity index (χ0) is 12.1. The van der Waals surface area contributed by atoms with Crippen molar-refractivity contribution in [3.8, 4) is 11.4 Å². The highest BCUT2D eigenvalue weighted by Gasteiger charge is 2.05. The second-order valence-electron chi connectivity index (χ2n) is 3.67. The van der Waals surface area contributed by atoms with Crippen LogP contribution in [0.1, 0.15) is 6.92 Å². The lowest BCUT2D eigenvalue weighted by molar-refractivity contribution is 0.311. The first-order valence-corrected chi connectivity index (χ1v) is 5.68. The molecule has 0 unspecified atom stereocenters. The van der Waals surface area contributed by atoms with E-state index in [9.17, 15) is 0 Å². The minimum Gasteiger partial charge on any atom is -0.395 e. The van der Waals surface area contributed by atoms with Crippen molar-refractivity contribution in [3.05, 3.63) is 30.6 Å². The molecule has 1 aromatic carbocycles. The average Bonchev–Trinajstić information content (AvgIpc) is 2.85. The number of anilines is 1. The van der Waals surface area contributed by atoms with Crippen LogP contribution in [-0.4, -0.2) is 33.0 Å². The summed E-state index contributed by atoms with van der Waals surface area (Å²) in [5, 5.41) is 19.8. The number of aryl methyl sites for hydroxylation is 1. The molecule has 0 bridgehead atoms. The maximum atomic E-state index is 8.72. The van der Waals surface area contributed by atoms with Gasteiger partial charge in [-0.05, 0) is 31.2 Å². The number of aliphatic hydroxyl groups excluding tert-OH is 1. The van der Waals surface area contributed by atoms with Crippen molar-refractivity contribution in [2.24, 2.45) is 0 Å². The third-order valence-corrected chi connectivity index (χ3v) is 2.54. The first kappa shape index (κ1) is 11.6. The second kappa shape index (κ2) is 5.45. The molecule has 90 valence electrons. The Morgan fingerprint density at radius 1 is 1.29 bits per heavy atom. The standard InChI is InChI=1S/C12H16N4O/c1-2-16-9-14-15-12(16)10-3-5-11(6-4-10)13-7-8-17/h3-6,9,13,17H,2,7-8H2,1H3. The summed E-state index contributed by atoms with van der Waals surface area (Å²) >= 11 is 0. The molecular weight excluding hydrogens is 216 g/mol. The van der Waals surface area contributed by atoms with E-state index in [-0.39, 0.29) is 6.61 Å². The lowest BCUT2D eigenvalue weighted by atomic mass is 10.2. The molecule has 17 heavy (non-hydrogen) atoms. The summed E-state index contributed by atoms with van der Waals surface area (Å²) in [6.07, 6.45) is 1.73. The summed E-state index contributed by atoms with van der Waals surface area (Å²) in [4.78, 5) is 0. The quantitative estimate of drug-likeness (QED) is 0.817. The fourth-order valence-electron chi connectivity index (χ4n) is 1.65. The van der Waals surface area contributed by atoms with Crippen LogP contribution in [0.25, 0.3) is 11.4 Å². The summed E-state index contributed by atoms with van der Waals surface area (Å²) in [7, 11) is 0. The Hall–Kier alpha value is -1.88. The normalized spacial score (nSPS) is 10.5. The Labute approximate surface area is 100 Å². The van der Waals surface area contributed by atoms with Crippen LogP contribution in [0.3, 0.4) is 0 Å². The van der Waals surface area contributed by atoms with Crippen molar-refractivity contribution >= 4 is 5.69 Å². The van der Waals surface area contributed by atoms with Gasteiger partial charge in [0, 0.05) is 24.3 Å². The maximum Gasteiger partial charge on any atom is 0.163 e.